The van der Waals surface area contributed by atoms with E-state index in [1.807, 2.05) is 0 Å². The maximum Gasteiger partial charge on any atom is 0.279 e. The third-order valence-electron chi connectivity index (χ3n) is 7.15. The number of nitrogens with two attached hydrogens (primary N) is 1. The third-order valence-corrected chi connectivity index (χ3v) is 8.34. The zero-order valence-corrected chi connectivity index (χ0v) is 23.8. The van der Waals surface area contributed by atoms with Gasteiger partial charge in [-0.2, -0.15) is 8.42 Å². The number of hydrogen-bond donors (Lipinski definition) is 1. The first kappa shape index (κ1) is 29.4. The standard InChI is InChI=1S/C31H27N3O8S/c1-41-24-11-7-20(8-12-24)9-14-29(35)33-17-23(18-42-43(39,40)19-21-5-3-2-4-6-21)30-25-13-10-22(31(32)36)15-26(25)27(34(37)38)16-28(30)33/h2-16,23H,17-19H2,1H3,(H2,32,36)/b14-9+. The van der Waals surface area contributed by atoms with Gasteiger partial charge in [-0.15, -0.1) is 0 Å². The van der Waals surface area contributed by atoms with Crippen molar-refractivity contribution >= 4 is 50.2 Å². The number of non-ortho nitro benzene ring substituents is 1. The van der Waals surface area contributed by atoms with Gasteiger partial charge in [-0.1, -0.05) is 48.5 Å². The number of methoxy groups -OCH3 is 1. The lowest BCUT2D eigenvalue weighted by Gasteiger charge is -2.16. The first-order chi connectivity index (χ1) is 20.6. The number of ether oxygens (including phenoxy) is 1. The zero-order chi connectivity index (χ0) is 30.7. The van der Waals surface area contributed by atoms with Crippen molar-refractivity contribution in [1.29, 1.82) is 0 Å². The fourth-order valence-corrected chi connectivity index (χ4v) is 6.16. The molecule has 0 bridgehead atoms. The van der Waals surface area contributed by atoms with E-state index in [2.05, 4.69) is 0 Å². The summed E-state index contributed by atoms with van der Waals surface area (Å²) in [5.74, 6) is -1.57. The van der Waals surface area contributed by atoms with Crippen LogP contribution in [-0.2, 0) is 24.8 Å². The summed E-state index contributed by atoms with van der Waals surface area (Å²) in [4.78, 5) is 38.2. The molecule has 1 heterocycles. The van der Waals surface area contributed by atoms with Crippen molar-refractivity contribution in [2.45, 2.75) is 11.7 Å². The van der Waals surface area contributed by atoms with E-state index in [-0.39, 0.29) is 41.2 Å². The number of anilines is 1. The highest BCUT2D eigenvalue weighted by atomic mass is 32.2. The largest absolute Gasteiger partial charge is 0.497 e. The second-order valence-electron chi connectivity index (χ2n) is 9.93. The van der Waals surface area contributed by atoms with Crippen LogP contribution in [0.3, 0.4) is 0 Å². The molecule has 1 atom stereocenters. The Morgan fingerprint density at radius 1 is 1.05 bits per heavy atom. The summed E-state index contributed by atoms with van der Waals surface area (Å²) < 4.78 is 36.3. The topological polar surface area (TPSA) is 159 Å². The van der Waals surface area contributed by atoms with E-state index in [0.717, 1.165) is 5.56 Å². The average molecular weight is 602 g/mol. The van der Waals surface area contributed by atoms with Crippen LogP contribution >= 0.6 is 0 Å². The molecule has 11 nitrogen and oxygen atoms in total. The van der Waals surface area contributed by atoms with E-state index in [1.165, 1.54) is 35.2 Å². The average Bonchev–Trinajstić information content (AvgIpc) is 3.37. The van der Waals surface area contributed by atoms with Crippen molar-refractivity contribution in [1.82, 2.24) is 0 Å². The molecule has 220 valence electrons. The number of carbonyl (C=O) groups excluding carboxylic acids is 2. The summed E-state index contributed by atoms with van der Waals surface area (Å²) in [6.07, 6.45) is 2.94. The number of nitro benzene ring substituents is 1. The number of amides is 2. The van der Waals surface area contributed by atoms with Crippen molar-refractivity contribution < 1.29 is 31.9 Å². The fraction of sp³-hybridized carbons (Fsp3) is 0.161. The lowest BCUT2D eigenvalue weighted by atomic mass is 9.93. The first-order valence-corrected chi connectivity index (χ1v) is 14.7. The summed E-state index contributed by atoms with van der Waals surface area (Å²) in [5.41, 5.74) is 7.20. The molecule has 0 fully saturated rings. The van der Waals surface area contributed by atoms with Gasteiger partial charge in [0.05, 0.1) is 29.7 Å². The molecule has 1 unspecified atom stereocenters. The minimum atomic E-state index is -4.00. The van der Waals surface area contributed by atoms with Crippen LogP contribution in [0.1, 0.15) is 33.0 Å². The Balaban J connectivity index is 1.53. The number of carbonyl (C=O) groups is 2. The number of primary amides is 1. The molecule has 0 aromatic heterocycles. The number of nitro groups is 1. The number of benzene rings is 4. The fourth-order valence-electron chi connectivity index (χ4n) is 5.10. The molecular weight excluding hydrogens is 574 g/mol. The highest BCUT2D eigenvalue weighted by Crippen LogP contribution is 2.45. The van der Waals surface area contributed by atoms with E-state index in [0.29, 0.717) is 22.3 Å². The smallest absolute Gasteiger partial charge is 0.279 e. The lowest BCUT2D eigenvalue weighted by molar-refractivity contribution is -0.383. The first-order valence-electron chi connectivity index (χ1n) is 13.2. The molecule has 1 aliphatic heterocycles. The van der Waals surface area contributed by atoms with Crippen LogP contribution in [0.15, 0.2) is 84.9 Å². The molecule has 4 aromatic rings. The van der Waals surface area contributed by atoms with Crippen LogP contribution < -0.4 is 15.4 Å². The van der Waals surface area contributed by atoms with E-state index in [4.69, 9.17) is 14.7 Å². The molecule has 2 amide bonds. The van der Waals surface area contributed by atoms with E-state index < -0.39 is 32.8 Å². The number of rotatable bonds is 10. The minimum Gasteiger partial charge on any atom is -0.497 e. The van der Waals surface area contributed by atoms with E-state index in [9.17, 15) is 28.1 Å². The monoisotopic (exact) mass is 601 g/mol. The normalized spacial score (nSPS) is 14.6. The molecule has 12 heteroatoms. The molecule has 0 spiro atoms. The highest BCUT2D eigenvalue weighted by Gasteiger charge is 2.37. The summed E-state index contributed by atoms with van der Waals surface area (Å²) >= 11 is 0. The summed E-state index contributed by atoms with van der Waals surface area (Å²) in [6.45, 7) is -0.297. The van der Waals surface area contributed by atoms with Crippen LogP contribution in [0, 0.1) is 10.1 Å². The van der Waals surface area contributed by atoms with Crippen LogP contribution in [-0.4, -0.2) is 45.4 Å². The molecule has 1 aliphatic rings. The van der Waals surface area contributed by atoms with Crippen LogP contribution in [0.4, 0.5) is 11.4 Å². The highest BCUT2D eigenvalue weighted by molar-refractivity contribution is 7.85. The second kappa shape index (κ2) is 12.0. The SMILES string of the molecule is COc1ccc(/C=C/C(=O)N2CC(COS(=O)(=O)Cc3ccccc3)c3c2cc([N+](=O)[O-])c2cc(C(N)=O)ccc32)cc1. The van der Waals surface area contributed by atoms with Gasteiger partial charge in [-0.05, 0) is 52.4 Å². The van der Waals surface area contributed by atoms with Crippen LogP contribution in [0.5, 0.6) is 5.75 Å². The molecule has 0 saturated heterocycles. The van der Waals surface area contributed by atoms with E-state index in [1.54, 1.807) is 67.8 Å². The second-order valence-corrected chi connectivity index (χ2v) is 11.6. The Labute approximate surface area is 247 Å². The quantitative estimate of drug-likeness (QED) is 0.120. The van der Waals surface area contributed by atoms with Gasteiger partial charge in [-0.3, -0.25) is 23.9 Å². The molecule has 43 heavy (non-hydrogen) atoms. The number of fused-ring (bicyclic) bond motifs is 3. The van der Waals surface area contributed by atoms with Crippen molar-refractivity contribution in [3.63, 3.8) is 0 Å². The predicted octanol–water partition coefficient (Wildman–Crippen LogP) is 4.55. The predicted molar refractivity (Wildman–Crippen MR) is 161 cm³/mol. The minimum absolute atomic E-state index is 0.00974. The van der Waals surface area contributed by atoms with Crippen molar-refractivity contribution in [3.05, 3.63) is 117 Å². The molecule has 5 rings (SSSR count). The maximum atomic E-state index is 13.5. The Bertz CT molecular complexity index is 1860. The molecular formula is C31H27N3O8S. The maximum absolute atomic E-state index is 13.5. The van der Waals surface area contributed by atoms with Gasteiger partial charge < -0.3 is 15.4 Å². The molecule has 0 saturated carbocycles. The van der Waals surface area contributed by atoms with Gasteiger partial charge in [0, 0.05) is 30.2 Å². The Kier molecular flexibility index (Phi) is 8.24. The van der Waals surface area contributed by atoms with Gasteiger partial charge in [0.25, 0.3) is 21.7 Å². The van der Waals surface area contributed by atoms with E-state index >= 15 is 0 Å². The van der Waals surface area contributed by atoms with Crippen LogP contribution in [0.2, 0.25) is 0 Å². The summed E-state index contributed by atoms with van der Waals surface area (Å²) in [6, 6.07) is 21.1. The van der Waals surface area contributed by atoms with Crippen LogP contribution in [0.25, 0.3) is 16.8 Å². The van der Waals surface area contributed by atoms with Gasteiger partial charge in [0.2, 0.25) is 5.91 Å². The van der Waals surface area contributed by atoms with Gasteiger partial charge >= 0.3 is 0 Å². The molecule has 2 N–H and O–H groups in total. The van der Waals surface area contributed by atoms with Crippen molar-refractivity contribution in [2.24, 2.45) is 5.73 Å². The molecule has 0 radical (unpaired) electrons. The van der Waals surface area contributed by atoms with Crippen molar-refractivity contribution in [2.75, 3.05) is 25.2 Å². The molecule has 4 aromatic carbocycles. The Hall–Kier alpha value is -5.07. The third kappa shape index (κ3) is 6.40. The summed E-state index contributed by atoms with van der Waals surface area (Å²) in [5, 5.41) is 12.6. The van der Waals surface area contributed by atoms with Crippen molar-refractivity contribution in [3.8, 4) is 5.75 Å². The summed E-state index contributed by atoms with van der Waals surface area (Å²) in [7, 11) is -2.46. The Morgan fingerprint density at radius 3 is 2.42 bits per heavy atom. The zero-order valence-electron chi connectivity index (χ0n) is 23.0. The number of hydrogen-bond acceptors (Lipinski definition) is 8. The van der Waals surface area contributed by atoms with Gasteiger partial charge in [0.15, 0.2) is 0 Å². The molecule has 0 aliphatic carbocycles. The van der Waals surface area contributed by atoms with Gasteiger partial charge in [0.1, 0.15) is 11.5 Å². The van der Waals surface area contributed by atoms with Gasteiger partial charge in [-0.25, -0.2) is 0 Å². The Morgan fingerprint density at radius 2 is 1.77 bits per heavy atom. The number of nitrogens with zero attached hydrogens (tertiary/aromatic N) is 2. The lowest BCUT2D eigenvalue weighted by Crippen LogP contribution is -2.29.